The maximum absolute atomic E-state index is 12.4. The molecule has 1 saturated carbocycles. The van der Waals surface area contributed by atoms with Gasteiger partial charge in [-0.25, -0.2) is 0 Å². The molecule has 2 aliphatic heterocycles. The lowest BCUT2D eigenvalue weighted by atomic mass is 9.48. The Morgan fingerprint density at radius 1 is 0.848 bits per heavy atom. The minimum Gasteiger partial charge on any atom is -0.504 e. The highest BCUT2D eigenvalue weighted by atomic mass is 16.6. The Bertz CT molecular complexity index is 1090. The Kier molecular flexibility index (Phi) is 13.5. The van der Waals surface area contributed by atoms with Crippen molar-refractivity contribution in [2.75, 3.05) is 113 Å². The molecule has 0 amide bonds. The van der Waals surface area contributed by atoms with Gasteiger partial charge >= 0.3 is 0 Å². The maximum atomic E-state index is 12.4. The van der Waals surface area contributed by atoms with E-state index in [1.165, 1.54) is 0 Å². The van der Waals surface area contributed by atoms with Crippen LogP contribution in [-0.2, 0) is 49.7 Å². The zero-order valence-electron chi connectivity index (χ0n) is 27.3. The van der Waals surface area contributed by atoms with Crippen molar-refractivity contribution in [3.05, 3.63) is 35.9 Å². The number of rotatable bonds is 24. The molecule has 0 radical (unpaired) electrons. The Morgan fingerprint density at radius 2 is 1.41 bits per heavy atom. The summed E-state index contributed by atoms with van der Waals surface area (Å²) in [6.45, 7) is 12.6. The number of piperidine rings is 1. The lowest BCUT2D eigenvalue weighted by molar-refractivity contribution is -0.215. The van der Waals surface area contributed by atoms with Crippen LogP contribution in [0.2, 0.25) is 0 Å². The minimum atomic E-state index is -0.954. The molecule has 2 fully saturated rings. The van der Waals surface area contributed by atoms with E-state index in [-0.39, 0.29) is 24.0 Å². The van der Waals surface area contributed by atoms with E-state index in [4.69, 9.17) is 42.6 Å². The molecule has 46 heavy (non-hydrogen) atoms. The molecule has 1 saturated heterocycles. The van der Waals surface area contributed by atoms with Gasteiger partial charge in [0, 0.05) is 25.3 Å². The maximum Gasteiger partial charge on any atom is 0.165 e. The second kappa shape index (κ2) is 17.5. The number of aromatic hydroxyl groups is 1. The largest absolute Gasteiger partial charge is 0.504 e. The van der Waals surface area contributed by atoms with Crippen LogP contribution in [0.5, 0.6) is 11.5 Å². The number of hydrogen-bond donors (Lipinski definition) is 2. The van der Waals surface area contributed by atoms with E-state index in [1.807, 2.05) is 12.1 Å². The second-order valence-electron chi connectivity index (χ2n) is 12.3. The molecule has 5 atom stereocenters. The van der Waals surface area contributed by atoms with Crippen LogP contribution in [0.1, 0.15) is 30.4 Å². The molecule has 1 spiro atoms. The van der Waals surface area contributed by atoms with Gasteiger partial charge in [-0.3, -0.25) is 4.90 Å². The monoisotopic (exact) mass is 651 g/mol. The third kappa shape index (κ3) is 7.72. The van der Waals surface area contributed by atoms with Crippen molar-refractivity contribution >= 4 is 0 Å². The predicted molar refractivity (Wildman–Crippen MR) is 169 cm³/mol. The normalized spacial score (nSPS) is 27.8. The van der Waals surface area contributed by atoms with Crippen LogP contribution in [0, 0.1) is 0 Å². The number of benzene rings is 1. The van der Waals surface area contributed by atoms with E-state index in [2.05, 4.69) is 11.5 Å². The molecule has 12 nitrogen and oxygen atoms in total. The van der Waals surface area contributed by atoms with Crippen LogP contribution in [0.15, 0.2) is 24.8 Å². The van der Waals surface area contributed by atoms with Gasteiger partial charge in [-0.15, -0.1) is 6.58 Å². The summed E-state index contributed by atoms with van der Waals surface area (Å²) < 4.78 is 50.9. The smallest absolute Gasteiger partial charge is 0.165 e. The minimum absolute atomic E-state index is 0.0238. The summed E-state index contributed by atoms with van der Waals surface area (Å²) in [6, 6.07) is 3.69. The van der Waals surface area contributed by atoms with Gasteiger partial charge in [-0.1, -0.05) is 12.1 Å². The first-order valence-electron chi connectivity index (χ1n) is 16.7. The zero-order chi connectivity index (χ0) is 32.2. The van der Waals surface area contributed by atoms with Crippen molar-refractivity contribution in [2.24, 2.45) is 0 Å². The molecule has 5 rings (SSSR count). The molecule has 0 aromatic heterocycles. The number of phenolic OH excluding ortho intramolecular Hbond substituents is 1. The van der Waals surface area contributed by atoms with E-state index in [1.54, 1.807) is 13.2 Å². The Balaban J connectivity index is 0.930. The predicted octanol–water partition coefficient (Wildman–Crippen LogP) is 1.86. The van der Waals surface area contributed by atoms with Crippen molar-refractivity contribution in [3.63, 3.8) is 0 Å². The third-order valence-corrected chi connectivity index (χ3v) is 9.73. The number of hydrogen-bond acceptors (Lipinski definition) is 12. The topological polar surface area (TPSA) is 127 Å². The fourth-order valence-electron chi connectivity index (χ4n) is 7.74. The number of nitrogens with zero attached hydrogens (tertiary/aromatic N) is 1. The average molecular weight is 652 g/mol. The standard InChI is InChI=1S/C34H53NO11/c1-3-9-35-10-8-33-30-26-4-5-27(36)31(30)46-32(33)28(6-7-34(33,37)29(35)25-26)45-24-23-44-22-21-43-20-19-42-18-17-41-16-15-40-14-13-39-12-11-38-2/h3-5,28-29,32,36-37H,1,6-25H2,2H3/t28?,29?,32?,33-,34+/m0/s1. The Labute approximate surface area is 272 Å². The number of methoxy groups -OCH3 is 1. The lowest BCUT2D eigenvalue weighted by Gasteiger charge is -2.64. The van der Waals surface area contributed by atoms with Crippen LogP contribution in [0.3, 0.4) is 0 Å². The van der Waals surface area contributed by atoms with Crippen molar-refractivity contribution in [3.8, 4) is 11.5 Å². The summed E-state index contributed by atoms with van der Waals surface area (Å²) >= 11 is 0. The molecule has 2 N–H and O–H groups in total. The molecule has 12 heteroatoms. The molecule has 2 aliphatic carbocycles. The van der Waals surface area contributed by atoms with Crippen molar-refractivity contribution in [1.29, 1.82) is 0 Å². The van der Waals surface area contributed by atoms with Crippen molar-refractivity contribution in [2.45, 2.75) is 54.9 Å². The van der Waals surface area contributed by atoms with Crippen LogP contribution < -0.4 is 4.74 Å². The fourth-order valence-corrected chi connectivity index (χ4v) is 7.74. The van der Waals surface area contributed by atoms with E-state index >= 15 is 0 Å². The van der Waals surface area contributed by atoms with E-state index in [9.17, 15) is 10.2 Å². The first-order valence-corrected chi connectivity index (χ1v) is 16.7. The molecule has 2 heterocycles. The molecular weight excluding hydrogens is 598 g/mol. The summed E-state index contributed by atoms with van der Waals surface area (Å²) in [5.41, 5.74) is 0.592. The van der Waals surface area contributed by atoms with Crippen molar-refractivity contribution in [1.82, 2.24) is 4.90 Å². The molecule has 1 aromatic carbocycles. The summed E-state index contributed by atoms with van der Waals surface area (Å²) in [5.74, 6) is 0.660. The first-order chi connectivity index (χ1) is 22.6. The third-order valence-electron chi connectivity index (χ3n) is 9.73. The van der Waals surface area contributed by atoms with Gasteiger partial charge in [0.25, 0.3) is 0 Å². The fraction of sp³-hybridized carbons (Fsp3) is 0.765. The molecular formula is C34H53NO11. The van der Waals surface area contributed by atoms with Gasteiger partial charge in [0.15, 0.2) is 11.5 Å². The second-order valence-corrected chi connectivity index (χ2v) is 12.3. The van der Waals surface area contributed by atoms with Gasteiger partial charge in [0.05, 0.1) is 110 Å². The number of phenols is 1. The first kappa shape index (κ1) is 35.5. The Morgan fingerprint density at radius 3 is 1.98 bits per heavy atom. The molecule has 2 bridgehead atoms. The molecule has 1 aromatic rings. The van der Waals surface area contributed by atoms with E-state index in [0.29, 0.717) is 111 Å². The summed E-state index contributed by atoms with van der Waals surface area (Å²) in [7, 11) is 1.65. The highest BCUT2D eigenvalue weighted by molar-refractivity contribution is 5.62. The van der Waals surface area contributed by atoms with Crippen LogP contribution in [-0.4, -0.2) is 152 Å². The number of likely N-dealkylation sites (tertiary alicyclic amines) is 1. The molecule has 4 aliphatic rings. The van der Waals surface area contributed by atoms with E-state index in [0.717, 1.165) is 37.1 Å². The van der Waals surface area contributed by atoms with Gasteiger partial charge in [-0.2, -0.15) is 0 Å². The van der Waals surface area contributed by atoms with Crippen molar-refractivity contribution < 1.29 is 52.8 Å². The highest BCUT2D eigenvalue weighted by Gasteiger charge is 2.73. The van der Waals surface area contributed by atoms with Gasteiger partial charge in [0.1, 0.15) is 6.10 Å². The summed E-state index contributed by atoms with van der Waals surface area (Å²) in [4.78, 5) is 2.35. The molecule has 260 valence electrons. The van der Waals surface area contributed by atoms with Gasteiger partial charge in [-0.05, 0) is 43.9 Å². The SMILES string of the molecule is C=CCN1CC[C@]23c4c5ccc(O)c4OC2C(OCCOCCOCCOCCOCCOCCOCCOC)CC[C@@]3(O)C1C5. The van der Waals surface area contributed by atoms with Gasteiger partial charge < -0.3 is 52.8 Å². The van der Waals surface area contributed by atoms with Crippen LogP contribution in [0.25, 0.3) is 0 Å². The zero-order valence-corrected chi connectivity index (χ0v) is 27.3. The quantitative estimate of drug-likeness (QED) is 0.125. The van der Waals surface area contributed by atoms with Gasteiger partial charge in [0.2, 0.25) is 0 Å². The Hall–Kier alpha value is -1.84. The van der Waals surface area contributed by atoms with Crippen LogP contribution >= 0.6 is 0 Å². The average Bonchev–Trinajstić information content (AvgIpc) is 3.41. The van der Waals surface area contributed by atoms with Crippen LogP contribution in [0.4, 0.5) is 0 Å². The molecule has 3 unspecified atom stereocenters. The highest BCUT2D eigenvalue weighted by Crippen LogP contribution is 2.65. The summed E-state index contributed by atoms with van der Waals surface area (Å²) in [6.07, 6.45) is 4.12. The number of ether oxygens (including phenoxy) is 9. The lowest BCUT2D eigenvalue weighted by Crippen LogP contribution is -2.77. The summed E-state index contributed by atoms with van der Waals surface area (Å²) in [5, 5.41) is 23.1. The number of aliphatic hydroxyl groups is 1. The van der Waals surface area contributed by atoms with E-state index < -0.39 is 11.0 Å².